The van der Waals surface area contributed by atoms with Crippen LogP contribution in [0, 0.1) is 13.8 Å². The Morgan fingerprint density at radius 1 is 0.939 bits per heavy atom. The molecular formula is C24H21N3O4S2. The maximum Gasteiger partial charge on any atom is 0.291 e. The van der Waals surface area contributed by atoms with E-state index in [9.17, 15) is 13.2 Å². The molecule has 7 nitrogen and oxygen atoms in total. The first-order chi connectivity index (χ1) is 15.8. The van der Waals surface area contributed by atoms with Crippen molar-refractivity contribution in [3.05, 3.63) is 95.7 Å². The Bertz CT molecular complexity index is 1360. The molecule has 0 radical (unpaired) electrons. The second-order valence-electron chi connectivity index (χ2n) is 7.35. The van der Waals surface area contributed by atoms with Crippen molar-refractivity contribution in [3.8, 4) is 0 Å². The number of rotatable bonds is 7. The molecule has 9 heteroatoms. The molecule has 0 spiro atoms. The molecule has 0 atom stereocenters. The summed E-state index contributed by atoms with van der Waals surface area (Å²) in [5, 5.41) is 3.42. The van der Waals surface area contributed by atoms with Gasteiger partial charge in [-0.3, -0.25) is 4.79 Å². The first-order valence-electron chi connectivity index (χ1n) is 10.1. The molecule has 33 heavy (non-hydrogen) atoms. The second-order valence-corrected chi connectivity index (χ2v) is 10.4. The normalized spacial score (nSPS) is 11.3. The van der Waals surface area contributed by atoms with Crippen LogP contribution in [0.5, 0.6) is 0 Å². The van der Waals surface area contributed by atoms with Crippen LogP contribution in [0.3, 0.4) is 0 Å². The van der Waals surface area contributed by atoms with Gasteiger partial charge < -0.3 is 9.73 Å². The zero-order valence-corrected chi connectivity index (χ0v) is 19.6. The van der Waals surface area contributed by atoms with E-state index in [4.69, 9.17) is 4.42 Å². The molecule has 0 saturated carbocycles. The van der Waals surface area contributed by atoms with Gasteiger partial charge in [0.1, 0.15) is 11.5 Å². The third kappa shape index (κ3) is 5.88. The van der Waals surface area contributed by atoms with Crippen LogP contribution in [0.2, 0.25) is 0 Å². The highest BCUT2D eigenvalue weighted by molar-refractivity contribution is 7.99. The third-order valence-electron chi connectivity index (χ3n) is 4.60. The van der Waals surface area contributed by atoms with Crippen molar-refractivity contribution in [2.45, 2.75) is 34.5 Å². The standard InChI is InChI=1S/C24H21N3O4S2/c1-16-14-17(2)26-24(25-16)32-20-11-8-18(9-12-20)27-23(28)22-13-10-19(31-22)15-33(29,30)21-6-4-3-5-7-21/h3-14H,15H2,1-2H3,(H,27,28). The van der Waals surface area contributed by atoms with Gasteiger partial charge in [-0.2, -0.15) is 0 Å². The SMILES string of the molecule is Cc1cc(C)nc(Sc2ccc(NC(=O)c3ccc(CS(=O)(=O)c4ccccc4)o3)cc2)n1. The van der Waals surface area contributed by atoms with Crippen molar-refractivity contribution in [2.24, 2.45) is 0 Å². The van der Waals surface area contributed by atoms with E-state index in [1.165, 1.54) is 36.0 Å². The van der Waals surface area contributed by atoms with Gasteiger partial charge in [-0.15, -0.1) is 0 Å². The van der Waals surface area contributed by atoms with E-state index >= 15 is 0 Å². The molecule has 0 bridgehead atoms. The minimum absolute atomic E-state index is 0.0374. The molecule has 0 aliphatic carbocycles. The summed E-state index contributed by atoms with van der Waals surface area (Å²) >= 11 is 1.44. The van der Waals surface area contributed by atoms with Gasteiger partial charge in [0.15, 0.2) is 20.8 Å². The minimum atomic E-state index is -3.56. The van der Waals surface area contributed by atoms with Crippen LogP contribution < -0.4 is 5.32 Å². The summed E-state index contributed by atoms with van der Waals surface area (Å²) in [5.41, 5.74) is 2.40. The number of carbonyl (C=O) groups excluding carboxylic acids is 1. The molecule has 1 amide bonds. The van der Waals surface area contributed by atoms with Crippen molar-refractivity contribution in [3.63, 3.8) is 0 Å². The lowest BCUT2D eigenvalue weighted by Gasteiger charge is -2.06. The lowest BCUT2D eigenvalue weighted by molar-refractivity contribution is 0.0995. The number of nitrogens with zero attached hydrogens (tertiary/aromatic N) is 2. The monoisotopic (exact) mass is 479 g/mol. The number of nitrogens with one attached hydrogen (secondary N) is 1. The van der Waals surface area contributed by atoms with E-state index in [2.05, 4.69) is 15.3 Å². The fourth-order valence-electron chi connectivity index (χ4n) is 3.12. The summed E-state index contributed by atoms with van der Waals surface area (Å²) in [5.74, 6) is -0.549. The fourth-order valence-corrected chi connectivity index (χ4v) is 5.25. The Kier molecular flexibility index (Phi) is 6.62. The molecule has 2 aromatic heterocycles. The predicted molar refractivity (Wildman–Crippen MR) is 126 cm³/mol. The van der Waals surface area contributed by atoms with Crippen LogP contribution in [0.4, 0.5) is 5.69 Å². The lowest BCUT2D eigenvalue weighted by Crippen LogP contribution is -2.10. The molecule has 2 aromatic carbocycles. The Hall–Kier alpha value is -3.43. The molecule has 0 aliphatic heterocycles. The van der Waals surface area contributed by atoms with Gasteiger partial charge >= 0.3 is 0 Å². The molecule has 0 aliphatic rings. The van der Waals surface area contributed by atoms with Crippen LogP contribution in [0.1, 0.15) is 27.7 Å². The van der Waals surface area contributed by atoms with Gasteiger partial charge in [0, 0.05) is 22.0 Å². The van der Waals surface area contributed by atoms with Crippen LogP contribution in [0.25, 0.3) is 0 Å². The van der Waals surface area contributed by atoms with Crippen molar-refractivity contribution in [1.29, 1.82) is 0 Å². The Morgan fingerprint density at radius 2 is 1.61 bits per heavy atom. The highest BCUT2D eigenvalue weighted by atomic mass is 32.2. The van der Waals surface area contributed by atoms with Crippen molar-refractivity contribution in [1.82, 2.24) is 9.97 Å². The zero-order valence-electron chi connectivity index (χ0n) is 18.0. The topological polar surface area (TPSA) is 102 Å². The third-order valence-corrected chi connectivity index (χ3v) is 7.13. The van der Waals surface area contributed by atoms with Gasteiger partial charge in [0.05, 0.1) is 4.90 Å². The van der Waals surface area contributed by atoms with E-state index in [1.54, 1.807) is 30.3 Å². The van der Waals surface area contributed by atoms with Crippen LogP contribution in [-0.4, -0.2) is 24.3 Å². The number of carbonyl (C=O) groups is 1. The van der Waals surface area contributed by atoms with Gasteiger partial charge in [0.2, 0.25) is 0 Å². The molecule has 4 rings (SSSR count). The van der Waals surface area contributed by atoms with Crippen LogP contribution in [0.15, 0.2) is 92.2 Å². The first-order valence-corrected chi connectivity index (χ1v) is 12.5. The number of hydrogen-bond donors (Lipinski definition) is 1. The van der Waals surface area contributed by atoms with E-state index in [0.29, 0.717) is 10.8 Å². The maximum absolute atomic E-state index is 12.5. The van der Waals surface area contributed by atoms with Crippen molar-refractivity contribution >= 4 is 33.2 Å². The number of aryl methyl sites for hydroxylation is 2. The number of aromatic nitrogens is 2. The lowest BCUT2D eigenvalue weighted by atomic mass is 10.3. The number of benzene rings is 2. The van der Waals surface area contributed by atoms with Crippen molar-refractivity contribution in [2.75, 3.05) is 5.32 Å². The van der Waals surface area contributed by atoms with Crippen LogP contribution in [-0.2, 0) is 15.6 Å². The zero-order chi connectivity index (χ0) is 23.4. The van der Waals surface area contributed by atoms with Gasteiger partial charge in [-0.05, 0) is 80.2 Å². The Morgan fingerprint density at radius 3 is 2.27 bits per heavy atom. The highest BCUT2D eigenvalue weighted by Gasteiger charge is 2.19. The summed E-state index contributed by atoms with van der Waals surface area (Å²) in [4.78, 5) is 22.5. The first kappa shape index (κ1) is 22.8. The van der Waals surface area contributed by atoms with Crippen LogP contribution >= 0.6 is 11.8 Å². The van der Waals surface area contributed by atoms with Gasteiger partial charge in [-0.1, -0.05) is 18.2 Å². The Balaban J connectivity index is 1.39. The molecular weight excluding hydrogens is 458 g/mol. The molecule has 0 fully saturated rings. The van der Waals surface area contributed by atoms with E-state index in [0.717, 1.165) is 16.3 Å². The van der Waals surface area contributed by atoms with E-state index in [1.807, 2.05) is 32.0 Å². The summed E-state index contributed by atoms with van der Waals surface area (Å²) in [6.07, 6.45) is 0. The quantitative estimate of drug-likeness (QED) is 0.370. The molecule has 0 saturated heterocycles. The summed E-state index contributed by atoms with van der Waals surface area (Å²) < 4.78 is 30.5. The van der Waals surface area contributed by atoms with Gasteiger partial charge in [0.25, 0.3) is 5.91 Å². The largest absolute Gasteiger partial charge is 0.455 e. The summed E-state index contributed by atoms with van der Waals surface area (Å²) in [6.45, 7) is 3.85. The smallest absolute Gasteiger partial charge is 0.291 e. The second kappa shape index (κ2) is 9.60. The summed E-state index contributed by atoms with van der Waals surface area (Å²) in [7, 11) is -3.56. The average molecular weight is 480 g/mol. The highest BCUT2D eigenvalue weighted by Crippen LogP contribution is 2.26. The van der Waals surface area contributed by atoms with Gasteiger partial charge in [-0.25, -0.2) is 18.4 Å². The number of sulfone groups is 1. The number of anilines is 1. The molecule has 0 unspecified atom stereocenters. The fraction of sp³-hybridized carbons (Fsp3) is 0.125. The predicted octanol–water partition coefficient (Wildman–Crippen LogP) is 5.06. The number of amides is 1. The Labute approximate surface area is 196 Å². The number of furan rings is 1. The molecule has 168 valence electrons. The maximum atomic E-state index is 12.5. The van der Waals surface area contributed by atoms with E-state index < -0.39 is 15.7 Å². The molecule has 1 N–H and O–H groups in total. The minimum Gasteiger partial charge on any atom is -0.455 e. The average Bonchev–Trinajstić information content (AvgIpc) is 3.23. The number of hydrogen-bond acceptors (Lipinski definition) is 7. The summed E-state index contributed by atoms with van der Waals surface area (Å²) in [6, 6.07) is 20.3. The molecule has 2 heterocycles. The molecule has 4 aromatic rings. The van der Waals surface area contributed by atoms with Crippen molar-refractivity contribution < 1.29 is 17.6 Å². The van der Waals surface area contributed by atoms with E-state index in [-0.39, 0.29) is 22.2 Å².